The topological polar surface area (TPSA) is 82.5 Å². The molecule has 0 saturated carbocycles. The van der Waals surface area contributed by atoms with Crippen molar-refractivity contribution in [2.24, 2.45) is 7.05 Å². The third-order valence-corrected chi connectivity index (χ3v) is 2.79. The van der Waals surface area contributed by atoms with Gasteiger partial charge in [-0.05, 0) is 18.2 Å². The van der Waals surface area contributed by atoms with Gasteiger partial charge in [0.1, 0.15) is 5.75 Å². The van der Waals surface area contributed by atoms with Crippen molar-refractivity contribution in [1.29, 1.82) is 0 Å². The number of anilines is 1. The van der Waals surface area contributed by atoms with Gasteiger partial charge in [-0.2, -0.15) is 5.10 Å². The van der Waals surface area contributed by atoms with Gasteiger partial charge in [-0.15, -0.1) is 0 Å². The smallest absolute Gasteiger partial charge is 0.360 e. The van der Waals surface area contributed by atoms with Crippen LogP contribution in [-0.2, 0) is 11.8 Å². The van der Waals surface area contributed by atoms with Crippen LogP contribution in [0.1, 0.15) is 20.8 Å². The second-order valence-electron chi connectivity index (χ2n) is 4.24. The molecule has 0 atom stereocenters. The Morgan fingerprint density at radius 2 is 2.05 bits per heavy atom. The zero-order chi connectivity index (χ0) is 15.4. The summed E-state index contributed by atoms with van der Waals surface area (Å²) in [6, 6.07) is 6.69. The van der Waals surface area contributed by atoms with Crippen molar-refractivity contribution in [3.05, 3.63) is 41.7 Å². The van der Waals surface area contributed by atoms with Crippen molar-refractivity contribution in [3.63, 3.8) is 0 Å². The molecule has 0 radical (unpaired) electrons. The van der Waals surface area contributed by atoms with Gasteiger partial charge in [0.2, 0.25) is 0 Å². The molecule has 21 heavy (non-hydrogen) atoms. The molecule has 0 aliphatic heterocycles. The number of esters is 1. The molecule has 1 aromatic heterocycles. The fourth-order valence-electron chi connectivity index (χ4n) is 1.79. The van der Waals surface area contributed by atoms with E-state index in [0.29, 0.717) is 11.3 Å². The molecule has 1 N–H and O–H groups in total. The normalized spacial score (nSPS) is 10.0. The third kappa shape index (κ3) is 3.19. The minimum absolute atomic E-state index is 0.0521. The molecular formula is C14H15N3O4. The van der Waals surface area contributed by atoms with Crippen LogP contribution in [0.3, 0.4) is 0 Å². The quantitative estimate of drug-likeness (QED) is 0.862. The minimum Gasteiger partial charge on any atom is -0.497 e. The van der Waals surface area contributed by atoms with Crippen LogP contribution >= 0.6 is 0 Å². The van der Waals surface area contributed by atoms with E-state index >= 15 is 0 Å². The van der Waals surface area contributed by atoms with Crippen LogP contribution < -0.4 is 10.1 Å². The number of amides is 1. The first kappa shape index (κ1) is 14.6. The molecule has 2 rings (SSSR count). The highest BCUT2D eigenvalue weighted by Crippen LogP contribution is 2.17. The van der Waals surface area contributed by atoms with Gasteiger partial charge in [0.15, 0.2) is 5.69 Å². The van der Waals surface area contributed by atoms with E-state index in [1.165, 1.54) is 25.1 Å². The summed E-state index contributed by atoms with van der Waals surface area (Å²) in [5, 5.41) is 6.60. The van der Waals surface area contributed by atoms with Gasteiger partial charge >= 0.3 is 5.97 Å². The Morgan fingerprint density at radius 1 is 1.29 bits per heavy atom. The number of benzene rings is 1. The zero-order valence-corrected chi connectivity index (χ0v) is 11.9. The van der Waals surface area contributed by atoms with Gasteiger partial charge in [0.05, 0.1) is 19.9 Å². The average molecular weight is 289 g/mol. The van der Waals surface area contributed by atoms with Gasteiger partial charge in [0.25, 0.3) is 5.91 Å². The third-order valence-electron chi connectivity index (χ3n) is 2.79. The Balaban J connectivity index is 2.25. The standard InChI is InChI=1S/C14H15N3O4/c1-17-8-11(12(16-17)14(19)21-3)15-13(18)9-5-4-6-10(7-9)20-2/h4-8H,1-3H3,(H,15,18). The van der Waals surface area contributed by atoms with E-state index < -0.39 is 5.97 Å². The van der Waals surface area contributed by atoms with Crippen molar-refractivity contribution in [2.45, 2.75) is 0 Å². The monoisotopic (exact) mass is 289 g/mol. The van der Waals surface area contributed by atoms with E-state index in [2.05, 4.69) is 15.2 Å². The Hall–Kier alpha value is -2.83. The summed E-state index contributed by atoms with van der Waals surface area (Å²) in [7, 11) is 4.42. The van der Waals surface area contributed by atoms with Crippen molar-refractivity contribution in [3.8, 4) is 5.75 Å². The Bertz CT molecular complexity index is 679. The maximum Gasteiger partial charge on any atom is 0.360 e. The molecule has 1 amide bonds. The number of hydrogen-bond acceptors (Lipinski definition) is 5. The van der Waals surface area contributed by atoms with Gasteiger partial charge in [-0.1, -0.05) is 6.07 Å². The maximum atomic E-state index is 12.2. The average Bonchev–Trinajstić information content (AvgIpc) is 2.87. The summed E-state index contributed by atoms with van der Waals surface area (Å²) in [5.41, 5.74) is 0.752. The predicted octanol–water partition coefficient (Wildman–Crippen LogP) is 1.47. The molecular weight excluding hydrogens is 274 g/mol. The lowest BCUT2D eigenvalue weighted by atomic mass is 10.2. The number of nitrogens with one attached hydrogen (secondary N) is 1. The van der Waals surface area contributed by atoms with Crippen LogP contribution in [0, 0.1) is 0 Å². The van der Waals surface area contributed by atoms with E-state index in [-0.39, 0.29) is 17.3 Å². The molecule has 0 fully saturated rings. The zero-order valence-electron chi connectivity index (χ0n) is 11.9. The molecule has 0 aliphatic carbocycles. The number of ether oxygens (including phenoxy) is 2. The Kier molecular flexibility index (Phi) is 4.22. The number of methoxy groups -OCH3 is 2. The summed E-state index contributed by atoms with van der Waals surface area (Å²) in [5.74, 6) is -0.411. The van der Waals surface area contributed by atoms with E-state index in [4.69, 9.17) is 4.74 Å². The summed E-state index contributed by atoms with van der Waals surface area (Å²) >= 11 is 0. The summed E-state index contributed by atoms with van der Waals surface area (Å²) in [6.45, 7) is 0. The molecule has 0 unspecified atom stereocenters. The first-order valence-corrected chi connectivity index (χ1v) is 6.12. The van der Waals surface area contributed by atoms with E-state index in [9.17, 15) is 9.59 Å². The fourth-order valence-corrected chi connectivity index (χ4v) is 1.79. The van der Waals surface area contributed by atoms with Gasteiger partial charge < -0.3 is 14.8 Å². The number of carbonyl (C=O) groups excluding carboxylic acids is 2. The predicted molar refractivity (Wildman–Crippen MR) is 75.5 cm³/mol. The van der Waals surface area contributed by atoms with Crippen LogP contribution in [0.5, 0.6) is 5.75 Å². The second kappa shape index (κ2) is 6.08. The lowest BCUT2D eigenvalue weighted by Crippen LogP contribution is -2.14. The minimum atomic E-state index is -0.614. The van der Waals surface area contributed by atoms with Crippen LogP contribution in [0.2, 0.25) is 0 Å². The van der Waals surface area contributed by atoms with Crippen molar-refractivity contribution in [2.75, 3.05) is 19.5 Å². The molecule has 0 aliphatic rings. The fraction of sp³-hybridized carbons (Fsp3) is 0.214. The lowest BCUT2D eigenvalue weighted by molar-refractivity contribution is 0.0594. The first-order valence-electron chi connectivity index (χ1n) is 6.12. The molecule has 0 spiro atoms. The number of hydrogen-bond donors (Lipinski definition) is 1. The van der Waals surface area contributed by atoms with E-state index in [0.717, 1.165) is 0 Å². The summed E-state index contributed by atoms with van der Waals surface area (Å²) in [4.78, 5) is 23.8. The second-order valence-corrected chi connectivity index (χ2v) is 4.24. The maximum absolute atomic E-state index is 12.2. The van der Waals surface area contributed by atoms with Crippen LogP contribution in [-0.4, -0.2) is 35.9 Å². The Labute approximate surface area is 121 Å². The first-order chi connectivity index (χ1) is 10.0. The van der Waals surface area contributed by atoms with Gasteiger partial charge in [-0.25, -0.2) is 4.79 Å². The molecule has 110 valence electrons. The molecule has 1 aromatic carbocycles. The van der Waals surface area contributed by atoms with Gasteiger partial charge in [0, 0.05) is 18.8 Å². The Morgan fingerprint density at radius 3 is 2.71 bits per heavy atom. The highest BCUT2D eigenvalue weighted by atomic mass is 16.5. The van der Waals surface area contributed by atoms with Crippen LogP contribution in [0.4, 0.5) is 5.69 Å². The van der Waals surface area contributed by atoms with Crippen LogP contribution in [0.25, 0.3) is 0 Å². The molecule has 2 aromatic rings. The number of nitrogens with zero attached hydrogens (tertiary/aromatic N) is 2. The number of aryl methyl sites for hydroxylation is 1. The van der Waals surface area contributed by atoms with E-state index in [1.807, 2.05) is 0 Å². The SMILES string of the molecule is COC(=O)c1nn(C)cc1NC(=O)c1cccc(OC)c1. The highest BCUT2D eigenvalue weighted by molar-refractivity contribution is 6.07. The number of carbonyl (C=O) groups is 2. The summed E-state index contributed by atoms with van der Waals surface area (Å²) in [6.07, 6.45) is 1.53. The van der Waals surface area contributed by atoms with Gasteiger partial charge in [-0.3, -0.25) is 9.48 Å². The van der Waals surface area contributed by atoms with Crippen molar-refractivity contribution < 1.29 is 19.1 Å². The molecule has 7 nitrogen and oxygen atoms in total. The molecule has 0 bridgehead atoms. The van der Waals surface area contributed by atoms with E-state index in [1.54, 1.807) is 31.3 Å². The largest absolute Gasteiger partial charge is 0.497 e. The number of rotatable bonds is 4. The molecule has 1 heterocycles. The van der Waals surface area contributed by atoms with Crippen molar-refractivity contribution >= 4 is 17.6 Å². The van der Waals surface area contributed by atoms with Crippen molar-refractivity contribution in [1.82, 2.24) is 9.78 Å². The number of aromatic nitrogens is 2. The lowest BCUT2D eigenvalue weighted by Gasteiger charge is -2.06. The van der Waals surface area contributed by atoms with Crippen LogP contribution in [0.15, 0.2) is 30.5 Å². The molecule has 0 saturated heterocycles. The molecule has 7 heteroatoms. The summed E-state index contributed by atoms with van der Waals surface area (Å²) < 4.78 is 11.1. The highest BCUT2D eigenvalue weighted by Gasteiger charge is 2.19.